The van der Waals surface area contributed by atoms with E-state index in [1.807, 2.05) is 0 Å². The lowest BCUT2D eigenvalue weighted by atomic mass is 10.0. The fourth-order valence-electron chi connectivity index (χ4n) is 7.94. The lowest BCUT2D eigenvalue weighted by molar-refractivity contribution is -0.167. The second-order valence-electron chi connectivity index (χ2n) is 19.6. The van der Waals surface area contributed by atoms with E-state index < -0.39 is 6.10 Å². The summed E-state index contributed by atoms with van der Waals surface area (Å²) in [5, 5.41) is 0. The number of carbonyl (C=O) groups excluding carboxylic acids is 3. The average molecular weight is 835 g/mol. The Hall–Kier alpha value is -1.59. The zero-order chi connectivity index (χ0) is 43.4. The molecule has 0 aliphatic heterocycles. The van der Waals surface area contributed by atoms with E-state index in [9.17, 15) is 14.4 Å². The van der Waals surface area contributed by atoms with Crippen LogP contribution in [0.1, 0.15) is 286 Å². The van der Waals surface area contributed by atoms with Crippen molar-refractivity contribution >= 4 is 17.9 Å². The van der Waals surface area contributed by atoms with Gasteiger partial charge >= 0.3 is 17.9 Å². The molecule has 0 fully saturated rings. The van der Waals surface area contributed by atoms with Crippen molar-refractivity contribution in [1.82, 2.24) is 0 Å². The molecule has 0 saturated heterocycles. The largest absolute Gasteiger partial charge is 0.462 e. The summed E-state index contributed by atoms with van der Waals surface area (Å²) in [5.41, 5.74) is 0. The van der Waals surface area contributed by atoms with E-state index in [0.29, 0.717) is 19.3 Å². The number of ether oxygens (including phenoxy) is 3. The second kappa shape index (κ2) is 44.5. The molecule has 0 aromatic heterocycles. The molecule has 6 heteroatoms. The Kier molecular flexibility index (Phi) is 43.3. The molecule has 0 radical (unpaired) electrons. The van der Waals surface area contributed by atoms with Gasteiger partial charge in [-0.05, 0) is 37.0 Å². The van der Waals surface area contributed by atoms with Crippen molar-refractivity contribution in [2.24, 2.45) is 17.8 Å². The van der Waals surface area contributed by atoms with Crippen LogP contribution in [0, 0.1) is 17.8 Å². The Bertz CT molecular complexity index is 914. The monoisotopic (exact) mass is 835 g/mol. The van der Waals surface area contributed by atoms with Crippen LogP contribution in [0.5, 0.6) is 0 Å². The van der Waals surface area contributed by atoms with E-state index >= 15 is 0 Å². The molecule has 0 heterocycles. The van der Waals surface area contributed by atoms with Crippen molar-refractivity contribution in [2.75, 3.05) is 13.2 Å². The number of hydrogen-bond donors (Lipinski definition) is 0. The number of carbonyl (C=O) groups is 3. The fraction of sp³-hybridized carbons (Fsp3) is 0.943. The van der Waals surface area contributed by atoms with E-state index in [2.05, 4.69) is 41.5 Å². The molecule has 0 saturated carbocycles. The van der Waals surface area contributed by atoms with Crippen molar-refractivity contribution in [3.05, 3.63) is 0 Å². The zero-order valence-electron chi connectivity index (χ0n) is 40.5. The Morgan fingerprint density at radius 1 is 0.288 bits per heavy atom. The van der Waals surface area contributed by atoms with Crippen molar-refractivity contribution in [1.29, 1.82) is 0 Å². The summed E-state index contributed by atoms with van der Waals surface area (Å²) < 4.78 is 16.8. The van der Waals surface area contributed by atoms with Crippen LogP contribution in [0.2, 0.25) is 0 Å². The Morgan fingerprint density at radius 2 is 0.492 bits per heavy atom. The lowest BCUT2D eigenvalue weighted by Gasteiger charge is -2.18. The molecule has 1 atom stereocenters. The third kappa shape index (κ3) is 47.3. The maximum Gasteiger partial charge on any atom is 0.306 e. The van der Waals surface area contributed by atoms with E-state index in [1.54, 1.807) is 0 Å². The summed E-state index contributed by atoms with van der Waals surface area (Å²) in [6.45, 7) is 13.7. The molecule has 0 N–H and O–H groups in total. The molecule has 350 valence electrons. The summed E-state index contributed by atoms with van der Waals surface area (Å²) in [6, 6.07) is 0. The molecule has 59 heavy (non-hydrogen) atoms. The van der Waals surface area contributed by atoms with Crippen LogP contribution >= 0.6 is 0 Å². The van der Waals surface area contributed by atoms with Gasteiger partial charge in [-0.3, -0.25) is 14.4 Å². The molecule has 0 unspecified atom stereocenters. The molecule has 0 rings (SSSR count). The Morgan fingerprint density at radius 3 is 0.729 bits per heavy atom. The molecule has 0 bridgehead atoms. The predicted molar refractivity (Wildman–Crippen MR) is 252 cm³/mol. The minimum atomic E-state index is -0.763. The zero-order valence-corrected chi connectivity index (χ0v) is 40.5. The number of rotatable bonds is 46. The molecule has 6 nitrogen and oxygen atoms in total. The van der Waals surface area contributed by atoms with Gasteiger partial charge in [0.25, 0.3) is 0 Å². The third-order valence-electron chi connectivity index (χ3n) is 11.9. The highest BCUT2D eigenvalue weighted by atomic mass is 16.6. The first-order valence-corrected chi connectivity index (χ1v) is 26.1. The molecule has 0 aliphatic rings. The van der Waals surface area contributed by atoms with E-state index in [0.717, 1.165) is 75.5 Å². The molecule has 0 aliphatic carbocycles. The lowest BCUT2D eigenvalue weighted by Crippen LogP contribution is -2.30. The van der Waals surface area contributed by atoms with Gasteiger partial charge in [-0.2, -0.15) is 0 Å². The maximum atomic E-state index is 12.8. The highest BCUT2D eigenvalue weighted by Crippen LogP contribution is 2.18. The van der Waals surface area contributed by atoms with Crippen LogP contribution in [0.4, 0.5) is 0 Å². The van der Waals surface area contributed by atoms with Crippen LogP contribution in [0.3, 0.4) is 0 Å². The van der Waals surface area contributed by atoms with Gasteiger partial charge in [0.2, 0.25) is 0 Å². The molecule has 0 aromatic carbocycles. The van der Waals surface area contributed by atoms with Crippen molar-refractivity contribution in [3.63, 3.8) is 0 Å². The average Bonchev–Trinajstić information content (AvgIpc) is 3.19. The van der Waals surface area contributed by atoms with Crippen LogP contribution in [0.15, 0.2) is 0 Å². The van der Waals surface area contributed by atoms with Gasteiger partial charge in [-0.25, -0.2) is 0 Å². The van der Waals surface area contributed by atoms with Gasteiger partial charge in [0, 0.05) is 19.3 Å². The highest BCUT2D eigenvalue weighted by molar-refractivity contribution is 5.71. The first-order chi connectivity index (χ1) is 28.6. The van der Waals surface area contributed by atoms with E-state index in [1.165, 1.54) is 167 Å². The Balaban J connectivity index is 4.24. The van der Waals surface area contributed by atoms with Crippen LogP contribution in [-0.4, -0.2) is 37.2 Å². The third-order valence-corrected chi connectivity index (χ3v) is 11.9. The standard InChI is InChI=1S/C53H102O6/c1-47(2)39-33-27-21-16-13-11-9-7-8-10-12-14-18-24-30-36-42-51(54)57-45-50(46-58-52(55)43-37-31-26-20-23-29-35-41-49(5)6)59-53(56)44-38-32-25-19-15-17-22-28-34-40-48(3)4/h47-50H,7-46H2,1-6H3/t50-/m1/s1. The van der Waals surface area contributed by atoms with Crippen LogP contribution in [0.25, 0.3) is 0 Å². The minimum Gasteiger partial charge on any atom is -0.462 e. The summed E-state index contributed by atoms with van der Waals surface area (Å²) >= 11 is 0. The minimum absolute atomic E-state index is 0.0652. The number of hydrogen-bond acceptors (Lipinski definition) is 6. The maximum absolute atomic E-state index is 12.8. The summed E-state index contributed by atoms with van der Waals surface area (Å²) in [4.78, 5) is 37.9. The van der Waals surface area contributed by atoms with Gasteiger partial charge < -0.3 is 14.2 Å². The summed E-state index contributed by atoms with van der Waals surface area (Å²) in [6.07, 6.45) is 43.9. The molecular formula is C53H102O6. The van der Waals surface area contributed by atoms with Gasteiger partial charge in [-0.1, -0.05) is 247 Å². The number of unbranched alkanes of at least 4 members (excludes halogenated alkanes) is 29. The number of esters is 3. The normalized spacial score (nSPS) is 12.2. The molecule has 0 aromatic rings. The Labute approximate surface area is 368 Å². The first-order valence-electron chi connectivity index (χ1n) is 26.1. The predicted octanol–water partition coefficient (Wildman–Crippen LogP) is 16.8. The molecular weight excluding hydrogens is 733 g/mol. The van der Waals surface area contributed by atoms with Crippen LogP contribution in [-0.2, 0) is 28.6 Å². The topological polar surface area (TPSA) is 78.9 Å². The van der Waals surface area contributed by atoms with Crippen molar-refractivity contribution in [2.45, 2.75) is 292 Å². The van der Waals surface area contributed by atoms with Crippen LogP contribution < -0.4 is 0 Å². The van der Waals surface area contributed by atoms with Gasteiger partial charge in [-0.15, -0.1) is 0 Å². The van der Waals surface area contributed by atoms with Gasteiger partial charge in [0.1, 0.15) is 13.2 Å². The van der Waals surface area contributed by atoms with E-state index in [4.69, 9.17) is 14.2 Å². The van der Waals surface area contributed by atoms with Gasteiger partial charge in [0.05, 0.1) is 0 Å². The van der Waals surface area contributed by atoms with Gasteiger partial charge in [0.15, 0.2) is 6.10 Å². The highest BCUT2D eigenvalue weighted by Gasteiger charge is 2.19. The summed E-state index contributed by atoms with van der Waals surface area (Å²) in [7, 11) is 0. The second-order valence-corrected chi connectivity index (χ2v) is 19.6. The fourth-order valence-corrected chi connectivity index (χ4v) is 7.94. The first kappa shape index (κ1) is 57.4. The summed E-state index contributed by atoms with van der Waals surface area (Å²) in [5.74, 6) is 1.58. The van der Waals surface area contributed by atoms with Crippen molar-refractivity contribution in [3.8, 4) is 0 Å². The smallest absolute Gasteiger partial charge is 0.306 e. The molecule has 0 spiro atoms. The molecule has 0 amide bonds. The SMILES string of the molecule is CC(C)CCCCCCCCCCCCCCCCCCC(=O)OC[C@H](COC(=O)CCCCCCCCCC(C)C)OC(=O)CCCCCCCCCCCC(C)C. The van der Waals surface area contributed by atoms with E-state index in [-0.39, 0.29) is 31.1 Å². The quantitative estimate of drug-likeness (QED) is 0.0345. The van der Waals surface area contributed by atoms with Crippen molar-refractivity contribution < 1.29 is 28.6 Å².